The number of hydrogen-bond acceptors (Lipinski definition) is 8. The monoisotopic (exact) mass is 473 g/mol. The molecule has 2 amide bonds. The average molecular weight is 474 g/mol. The Morgan fingerprint density at radius 1 is 1.11 bits per heavy atom. The van der Waals surface area contributed by atoms with Gasteiger partial charge in [-0.1, -0.05) is 12.1 Å². The molecule has 2 saturated heterocycles. The third-order valence-electron chi connectivity index (χ3n) is 6.24. The Balaban J connectivity index is 1.30. The number of hydrogen-bond donors (Lipinski definition) is 4. The van der Waals surface area contributed by atoms with Crippen molar-refractivity contribution in [3.63, 3.8) is 0 Å². The highest BCUT2D eigenvalue weighted by Gasteiger charge is 2.48. The van der Waals surface area contributed by atoms with Crippen LogP contribution in [-0.4, -0.2) is 48.0 Å². The van der Waals surface area contributed by atoms with Crippen LogP contribution in [0.15, 0.2) is 54.9 Å². The number of anilines is 5. The van der Waals surface area contributed by atoms with Gasteiger partial charge in [0.15, 0.2) is 0 Å². The summed E-state index contributed by atoms with van der Waals surface area (Å²) in [6.07, 6.45) is 3.82. The molecule has 10 nitrogen and oxygen atoms in total. The maximum atomic E-state index is 12.0. The van der Waals surface area contributed by atoms with Gasteiger partial charge in [0.1, 0.15) is 17.4 Å². The summed E-state index contributed by atoms with van der Waals surface area (Å²) in [5.74, 6) is 1.33. The third kappa shape index (κ3) is 4.68. The van der Waals surface area contributed by atoms with Gasteiger partial charge in [-0.2, -0.15) is 0 Å². The molecular formula is C25H27N7O3. The molecule has 0 saturated carbocycles. The number of nitrogens with two attached hydrogens (primary N) is 1. The van der Waals surface area contributed by atoms with Crippen LogP contribution in [0.1, 0.15) is 23.7 Å². The van der Waals surface area contributed by atoms with E-state index in [0.29, 0.717) is 41.8 Å². The van der Waals surface area contributed by atoms with Crippen LogP contribution in [0.3, 0.4) is 0 Å². The molecule has 0 bridgehead atoms. The zero-order valence-corrected chi connectivity index (χ0v) is 19.4. The Bertz CT molecular complexity index is 1260. The molecule has 10 heteroatoms. The van der Waals surface area contributed by atoms with Gasteiger partial charge in [-0.15, -0.1) is 0 Å². The van der Waals surface area contributed by atoms with Gasteiger partial charge in [0.2, 0.25) is 5.91 Å². The summed E-state index contributed by atoms with van der Waals surface area (Å²) < 4.78 is 5.67. The first-order chi connectivity index (χ1) is 16.9. The zero-order chi connectivity index (χ0) is 24.4. The molecule has 1 aromatic carbocycles. The summed E-state index contributed by atoms with van der Waals surface area (Å²) in [6, 6.07) is 13.0. The molecule has 0 aliphatic carbocycles. The Labute approximate surface area is 202 Å². The fraction of sp³-hybridized carbons (Fsp3) is 0.280. The summed E-state index contributed by atoms with van der Waals surface area (Å²) in [7, 11) is 0. The summed E-state index contributed by atoms with van der Waals surface area (Å²) in [4.78, 5) is 34.6. The van der Waals surface area contributed by atoms with Crippen LogP contribution in [0, 0.1) is 5.41 Å². The molecule has 0 atom stereocenters. The smallest absolute Gasteiger partial charge is 0.252 e. The Morgan fingerprint density at radius 2 is 1.91 bits per heavy atom. The van der Waals surface area contributed by atoms with Crippen LogP contribution in [0.25, 0.3) is 0 Å². The van der Waals surface area contributed by atoms with Gasteiger partial charge in [-0.25, -0.2) is 9.97 Å². The molecule has 4 heterocycles. The van der Waals surface area contributed by atoms with Crippen molar-refractivity contribution < 1.29 is 14.3 Å². The number of carbonyl (C=O) groups excluding carboxylic acids is 2. The maximum absolute atomic E-state index is 12.0. The van der Waals surface area contributed by atoms with Crippen molar-refractivity contribution in [3.05, 3.63) is 60.4 Å². The van der Waals surface area contributed by atoms with Crippen molar-refractivity contribution in [2.75, 3.05) is 41.8 Å². The summed E-state index contributed by atoms with van der Waals surface area (Å²) in [5, 5.41) is 9.33. The van der Waals surface area contributed by atoms with Crippen LogP contribution in [-0.2, 0) is 4.79 Å². The van der Waals surface area contributed by atoms with Gasteiger partial charge in [0.05, 0.1) is 35.4 Å². The number of rotatable bonds is 8. The molecule has 2 fully saturated rings. The minimum absolute atomic E-state index is 0.0598. The molecule has 1 spiro atoms. The highest BCUT2D eigenvalue weighted by molar-refractivity contribution is 5.99. The maximum Gasteiger partial charge on any atom is 0.252 e. The Kier molecular flexibility index (Phi) is 5.86. The van der Waals surface area contributed by atoms with Crippen LogP contribution < -0.4 is 31.3 Å². The van der Waals surface area contributed by atoms with E-state index < -0.39 is 5.91 Å². The standard InChI is InChI=1S/C25H27N7O3/c1-2-35-20-6-4-3-5-18(20)30-19-9-22(28-12-17(19)24(26)34)31-21-8-7-16(11-27-21)32-14-25(15-32)10-23(33)29-13-25/h3-9,11-12H,2,10,13-15H2,1H3,(H2,26,34)(H,29,33)(H2,27,28,30,31). The highest BCUT2D eigenvalue weighted by Crippen LogP contribution is 2.39. The predicted molar refractivity (Wildman–Crippen MR) is 133 cm³/mol. The molecular weight excluding hydrogens is 446 g/mol. The van der Waals surface area contributed by atoms with E-state index in [1.165, 1.54) is 6.20 Å². The molecule has 2 aromatic heterocycles. The SMILES string of the molecule is CCOc1ccccc1Nc1cc(Nc2ccc(N3CC4(CNC(=O)C4)C3)cn2)ncc1C(N)=O. The summed E-state index contributed by atoms with van der Waals surface area (Å²) in [5.41, 5.74) is 8.11. The van der Waals surface area contributed by atoms with E-state index in [-0.39, 0.29) is 16.9 Å². The lowest BCUT2D eigenvalue weighted by molar-refractivity contribution is -0.119. The number of pyridine rings is 2. The molecule has 5 N–H and O–H groups in total. The van der Waals surface area contributed by atoms with Crippen LogP contribution >= 0.6 is 0 Å². The lowest BCUT2D eigenvalue weighted by Gasteiger charge is -2.48. The van der Waals surface area contributed by atoms with Crippen molar-refractivity contribution >= 4 is 40.5 Å². The average Bonchev–Trinajstić information content (AvgIpc) is 3.22. The Morgan fingerprint density at radius 3 is 2.60 bits per heavy atom. The number of ether oxygens (including phenoxy) is 1. The number of aromatic nitrogens is 2. The number of primary amides is 1. The number of benzene rings is 1. The van der Waals surface area contributed by atoms with E-state index in [4.69, 9.17) is 10.5 Å². The highest BCUT2D eigenvalue weighted by atomic mass is 16.5. The van der Waals surface area contributed by atoms with Gasteiger partial charge in [0.25, 0.3) is 5.91 Å². The fourth-order valence-electron chi connectivity index (χ4n) is 4.52. The van der Waals surface area contributed by atoms with Gasteiger partial charge >= 0.3 is 0 Å². The minimum atomic E-state index is -0.589. The largest absolute Gasteiger partial charge is 0.492 e. The third-order valence-corrected chi connectivity index (χ3v) is 6.24. The lowest BCUT2D eigenvalue weighted by atomic mass is 9.79. The van der Waals surface area contributed by atoms with E-state index in [1.807, 2.05) is 43.3 Å². The first kappa shape index (κ1) is 22.5. The molecule has 3 aromatic rings. The molecule has 5 rings (SSSR count). The quantitative estimate of drug-likeness (QED) is 0.392. The van der Waals surface area contributed by atoms with Crippen molar-refractivity contribution in [1.29, 1.82) is 0 Å². The van der Waals surface area contributed by atoms with Crippen molar-refractivity contribution in [1.82, 2.24) is 15.3 Å². The molecule has 2 aliphatic rings. The topological polar surface area (TPSA) is 134 Å². The van der Waals surface area contributed by atoms with E-state index in [9.17, 15) is 9.59 Å². The number of carbonyl (C=O) groups is 2. The lowest BCUT2D eigenvalue weighted by Crippen LogP contribution is -2.57. The number of amides is 2. The fourth-order valence-corrected chi connectivity index (χ4v) is 4.52. The predicted octanol–water partition coefficient (Wildman–Crippen LogP) is 2.79. The second-order valence-corrected chi connectivity index (χ2v) is 8.87. The molecule has 180 valence electrons. The van der Waals surface area contributed by atoms with E-state index in [0.717, 1.165) is 25.3 Å². The van der Waals surface area contributed by atoms with Crippen molar-refractivity contribution in [2.45, 2.75) is 13.3 Å². The van der Waals surface area contributed by atoms with Crippen LogP contribution in [0.2, 0.25) is 0 Å². The van der Waals surface area contributed by atoms with Crippen molar-refractivity contribution in [2.24, 2.45) is 11.1 Å². The van der Waals surface area contributed by atoms with E-state index in [1.54, 1.807) is 12.3 Å². The van der Waals surface area contributed by atoms with Crippen LogP contribution in [0.4, 0.5) is 28.7 Å². The van der Waals surface area contributed by atoms with Gasteiger partial charge in [-0.05, 0) is 31.2 Å². The van der Waals surface area contributed by atoms with Crippen LogP contribution in [0.5, 0.6) is 5.75 Å². The zero-order valence-electron chi connectivity index (χ0n) is 19.4. The summed E-state index contributed by atoms with van der Waals surface area (Å²) >= 11 is 0. The molecule has 2 aliphatic heterocycles. The van der Waals surface area contributed by atoms with E-state index in [2.05, 4.69) is 30.8 Å². The second-order valence-electron chi connectivity index (χ2n) is 8.87. The first-order valence-electron chi connectivity index (χ1n) is 11.5. The first-order valence-corrected chi connectivity index (χ1v) is 11.5. The van der Waals surface area contributed by atoms with Gasteiger partial charge < -0.3 is 31.3 Å². The number of nitrogens with zero attached hydrogens (tertiary/aromatic N) is 3. The summed E-state index contributed by atoms with van der Waals surface area (Å²) in [6.45, 7) is 4.85. The minimum Gasteiger partial charge on any atom is -0.492 e. The molecule has 0 unspecified atom stereocenters. The van der Waals surface area contributed by atoms with E-state index >= 15 is 0 Å². The number of para-hydroxylation sites is 2. The normalized spacial score (nSPS) is 15.9. The second kappa shape index (κ2) is 9.13. The number of nitrogens with one attached hydrogen (secondary N) is 3. The van der Waals surface area contributed by atoms with Gasteiger partial charge in [-0.3, -0.25) is 9.59 Å². The molecule has 35 heavy (non-hydrogen) atoms. The van der Waals surface area contributed by atoms with Crippen molar-refractivity contribution in [3.8, 4) is 5.75 Å². The molecule has 0 radical (unpaired) electrons. The van der Waals surface area contributed by atoms with Gasteiger partial charge in [0, 0.05) is 43.7 Å². The Hall–Kier alpha value is -4.34.